The molecule has 1 saturated heterocycles. The van der Waals surface area contributed by atoms with Crippen molar-refractivity contribution in [2.45, 2.75) is 12.8 Å². The van der Waals surface area contributed by atoms with Crippen LogP contribution < -0.4 is 4.74 Å². The third-order valence-electron chi connectivity index (χ3n) is 4.85. The first-order valence-electron chi connectivity index (χ1n) is 9.19. The Labute approximate surface area is 157 Å². The minimum Gasteiger partial charge on any atom is -0.494 e. The number of rotatable bonds is 6. The molecule has 0 unspecified atom stereocenters. The molecule has 5 nitrogen and oxygen atoms in total. The predicted molar refractivity (Wildman–Crippen MR) is 105 cm³/mol. The van der Waals surface area contributed by atoms with Crippen LogP contribution in [-0.4, -0.2) is 47.4 Å². The van der Waals surface area contributed by atoms with Gasteiger partial charge < -0.3 is 14.8 Å². The van der Waals surface area contributed by atoms with Crippen LogP contribution >= 0.6 is 0 Å². The molecule has 0 amide bonds. The van der Waals surface area contributed by atoms with Gasteiger partial charge in [0.05, 0.1) is 16.8 Å². The van der Waals surface area contributed by atoms with Gasteiger partial charge in [-0.05, 0) is 62.3 Å². The third kappa shape index (κ3) is 3.95. The molecule has 2 aromatic carbocycles. The van der Waals surface area contributed by atoms with Crippen LogP contribution in [-0.2, 0) is 0 Å². The van der Waals surface area contributed by atoms with Gasteiger partial charge in [-0.3, -0.25) is 9.89 Å². The van der Waals surface area contributed by atoms with Gasteiger partial charge in [0.25, 0.3) is 0 Å². The van der Waals surface area contributed by atoms with Gasteiger partial charge in [-0.25, -0.2) is 4.39 Å². The smallest absolute Gasteiger partial charge is 0.198 e. The molecule has 1 aliphatic heterocycles. The molecular formula is C21H22FN3O2. The molecule has 0 spiro atoms. The summed E-state index contributed by atoms with van der Waals surface area (Å²) < 4.78 is 19.8. The molecule has 27 heavy (non-hydrogen) atoms. The number of aliphatic imine (C=N–C) groups is 1. The third-order valence-corrected chi connectivity index (χ3v) is 4.85. The second-order valence-electron chi connectivity index (χ2n) is 6.70. The zero-order valence-corrected chi connectivity index (χ0v) is 15.0. The summed E-state index contributed by atoms with van der Waals surface area (Å²) in [5.74, 6) is 0.307. The zero-order chi connectivity index (χ0) is 18.6. The molecule has 2 N–H and O–H groups in total. The number of nitrogens with zero attached hydrogens (tertiary/aromatic N) is 2. The van der Waals surface area contributed by atoms with Gasteiger partial charge in [0.15, 0.2) is 5.88 Å². The highest BCUT2D eigenvalue weighted by molar-refractivity contribution is 6.02. The van der Waals surface area contributed by atoms with Crippen molar-refractivity contribution in [1.82, 2.24) is 9.88 Å². The van der Waals surface area contributed by atoms with Gasteiger partial charge in [0.2, 0.25) is 0 Å². The van der Waals surface area contributed by atoms with Crippen LogP contribution in [0, 0.1) is 5.82 Å². The Balaban J connectivity index is 1.42. The summed E-state index contributed by atoms with van der Waals surface area (Å²) >= 11 is 0. The van der Waals surface area contributed by atoms with E-state index in [2.05, 4.69) is 14.9 Å². The lowest BCUT2D eigenvalue weighted by atomic mass is 10.1. The van der Waals surface area contributed by atoms with Gasteiger partial charge in [-0.2, -0.15) is 0 Å². The summed E-state index contributed by atoms with van der Waals surface area (Å²) in [7, 11) is 0. The Hall–Kier alpha value is -2.86. The average molecular weight is 367 g/mol. The van der Waals surface area contributed by atoms with Gasteiger partial charge in [0, 0.05) is 18.1 Å². The molecule has 0 atom stereocenters. The zero-order valence-electron chi connectivity index (χ0n) is 15.0. The van der Waals surface area contributed by atoms with E-state index in [1.807, 2.05) is 24.3 Å². The largest absolute Gasteiger partial charge is 0.494 e. The summed E-state index contributed by atoms with van der Waals surface area (Å²) in [6.07, 6.45) is 4.03. The summed E-state index contributed by atoms with van der Waals surface area (Å²) in [6, 6.07) is 12.1. The Kier molecular flexibility index (Phi) is 5.07. The number of hydrogen-bond acceptors (Lipinski definition) is 4. The van der Waals surface area contributed by atoms with Gasteiger partial charge in [0.1, 0.15) is 18.2 Å². The molecule has 2 heterocycles. The van der Waals surface area contributed by atoms with Crippen molar-refractivity contribution in [2.75, 3.05) is 26.2 Å². The molecule has 140 valence electrons. The van der Waals surface area contributed by atoms with E-state index >= 15 is 0 Å². The first kappa shape index (κ1) is 17.5. The fourth-order valence-corrected chi connectivity index (χ4v) is 3.41. The number of likely N-dealkylation sites (tertiary alicyclic amines) is 1. The minimum atomic E-state index is -0.396. The SMILES string of the molecule is Oc1[nH]c2cccc(F)c2c1C=Nc1ccc(OCCN2CCCC2)cc1. The quantitative estimate of drug-likeness (QED) is 0.641. The van der Waals surface area contributed by atoms with Crippen LogP contribution in [0.1, 0.15) is 18.4 Å². The van der Waals surface area contributed by atoms with E-state index in [4.69, 9.17) is 4.74 Å². The Morgan fingerprint density at radius 3 is 2.70 bits per heavy atom. The topological polar surface area (TPSA) is 60.9 Å². The van der Waals surface area contributed by atoms with Crippen LogP contribution in [0.25, 0.3) is 10.9 Å². The van der Waals surface area contributed by atoms with E-state index in [1.54, 1.807) is 12.1 Å². The standard InChI is InChI=1S/C21H22FN3O2/c22-18-4-3-5-19-20(18)17(21(26)24-19)14-23-15-6-8-16(9-7-15)27-13-12-25-10-1-2-11-25/h3-9,14,24,26H,1-2,10-13H2. The van der Waals surface area contributed by atoms with Gasteiger partial charge >= 0.3 is 0 Å². The fraction of sp³-hybridized carbons (Fsp3) is 0.286. The highest BCUT2D eigenvalue weighted by atomic mass is 19.1. The molecule has 0 radical (unpaired) electrons. The minimum absolute atomic E-state index is 0.0966. The molecular weight excluding hydrogens is 345 g/mol. The molecule has 1 aliphatic rings. The highest BCUT2D eigenvalue weighted by Gasteiger charge is 2.13. The first-order valence-corrected chi connectivity index (χ1v) is 9.19. The second kappa shape index (κ2) is 7.80. The van der Waals surface area contributed by atoms with Gasteiger partial charge in [-0.15, -0.1) is 0 Å². The van der Waals surface area contributed by atoms with Crippen molar-refractivity contribution < 1.29 is 14.2 Å². The number of H-pyrrole nitrogens is 1. The second-order valence-corrected chi connectivity index (χ2v) is 6.70. The molecule has 0 aliphatic carbocycles. The van der Waals surface area contributed by atoms with E-state index in [1.165, 1.54) is 25.1 Å². The van der Waals surface area contributed by atoms with Crippen LogP contribution in [0.2, 0.25) is 0 Å². The highest BCUT2D eigenvalue weighted by Crippen LogP contribution is 2.28. The van der Waals surface area contributed by atoms with Crippen LogP contribution in [0.3, 0.4) is 0 Å². The predicted octanol–water partition coefficient (Wildman–Crippen LogP) is 4.24. The summed E-state index contributed by atoms with van der Waals surface area (Å²) in [4.78, 5) is 9.52. The molecule has 4 rings (SSSR count). The van der Waals surface area contributed by atoms with Crippen LogP contribution in [0.4, 0.5) is 10.1 Å². The fourth-order valence-electron chi connectivity index (χ4n) is 3.41. The molecule has 0 saturated carbocycles. The summed E-state index contributed by atoms with van der Waals surface area (Å²) in [5.41, 5.74) is 1.58. The number of hydrogen-bond donors (Lipinski definition) is 2. The molecule has 0 bridgehead atoms. The van der Waals surface area contributed by atoms with Crippen molar-refractivity contribution in [1.29, 1.82) is 0 Å². The molecule has 1 aromatic heterocycles. The summed E-state index contributed by atoms with van der Waals surface area (Å²) in [6.45, 7) is 3.95. The molecule has 6 heteroatoms. The maximum atomic E-state index is 14.1. The summed E-state index contributed by atoms with van der Waals surface area (Å²) in [5, 5.41) is 10.4. The molecule has 3 aromatic rings. The van der Waals surface area contributed by atoms with E-state index in [0.29, 0.717) is 28.8 Å². The number of aromatic amines is 1. The maximum Gasteiger partial charge on any atom is 0.198 e. The first-order chi connectivity index (χ1) is 13.2. The number of ether oxygens (including phenoxy) is 1. The number of fused-ring (bicyclic) bond motifs is 1. The van der Waals surface area contributed by atoms with E-state index in [9.17, 15) is 9.50 Å². The Bertz CT molecular complexity index is 944. The maximum absolute atomic E-state index is 14.1. The molecule has 1 fully saturated rings. The number of aromatic nitrogens is 1. The monoisotopic (exact) mass is 367 g/mol. The lowest BCUT2D eigenvalue weighted by Crippen LogP contribution is -2.25. The average Bonchev–Trinajstić information content (AvgIpc) is 3.29. The van der Waals surface area contributed by atoms with E-state index < -0.39 is 5.82 Å². The van der Waals surface area contributed by atoms with Crippen molar-refractivity contribution >= 4 is 22.8 Å². The normalized spacial score (nSPS) is 15.1. The van der Waals surface area contributed by atoms with Crippen LogP contribution in [0.5, 0.6) is 11.6 Å². The number of benzene rings is 2. The number of nitrogens with one attached hydrogen (secondary N) is 1. The van der Waals surface area contributed by atoms with Gasteiger partial charge in [-0.1, -0.05) is 6.07 Å². The Morgan fingerprint density at radius 2 is 1.93 bits per heavy atom. The number of halogens is 1. The Morgan fingerprint density at radius 1 is 1.15 bits per heavy atom. The van der Waals surface area contributed by atoms with Crippen molar-refractivity contribution in [3.63, 3.8) is 0 Å². The lowest BCUT2D eigenvalue weighted by Gasteiger charge is -2.14. The van der Waals surface area contributed by atoms with Crippen LogP contribution in [0.15, 0.2) is 47.5 Å². The van der Waals surface area contributed by atoms with Crippen molar-refractivity contribution in [3.8, 4) is 11.6 Å². The lowest BCUT2D eigenvalue weighted by molar-refractivity contribution is 0.238. The van der Waals surface area contributed by atoms with Crippen molar-refractivity contribution in [3.05, 3.63) is 53.8 Å². The van der Waals surface area contributed by atoms with E-state index in [0.717, 1.165) is 25.4 Å². The van der Waals surface area contributed by atoms with Crippen molar-refractivity contribution in [2.24, 2.45) is 4.99 Å². The van der Waals surface area contributed by atoms with E-state index in [-0.39, 0.29) is 5.88 Å². The number of aromatic hydroxyl groups is 1.